The molecule has 1 rings (SSSR count). The number of carbonyl (C=O) groups excluding carboxylic acids is 1. The van der Waals surface area contributed by atoms with Gasteiger partial charge >= 0.3 is 0 Å². The zero-order chi connectivity index (χ0) is 15.7. The SMILES string of the molecule is C=CCC[C@H](CN(C)C)Oc1cc(C(=O)NCC)ccn1. The van der Waals surface area contributed by atoms with Gasteiger partial charge in [-0.05, 0) is 39.9 Å². The summed E-state index contributed by atoms with van der Waals surface area (Å²) < 4.78 is 5.92. The van der Waals surface area contributed by atoms with E-state index in [1.54, 1.807) is 18.3 Å². The summed E-state index contributed by atoms with van der Waals surface area (Å²) in [6, 6.07) is 3.37. The first kappa shape index (κ1) is 17.2. The molecule has 0 aliphatic rings. The highest BCUT2D eigenvalue weighted by atomic mass is 16.5. The molecule has 0 aliphatic heterocycles. The van der Waals surface area contributed by atoms with Gasteiger partial charge in [0.05, 0.1) is 0 Å². The molecule has 1 aromatic rings. The van der Waals surface area contributed by atoms with Crippen LogP contribution in [0.3, 0.4) is 0 Å². The summed E-state index contributed by atoms with van der Waals surface area (Å²) in [7, 11) is 4.01. The normalized spacial score (nSPS) is 12.0. The number of nitrogens with zero attached hydrogens (tertiary/aromatic N) is 2. The molecule has 5 heteroatoms. The number of amides is 1. The first-order valence-electron chi connectivity index (χ1n) is 7.23. The van der Waals surface area contributed by atoms with Gasteiger partial charge in [-0.2, -0.15) is 0 Å². The van der Waals surface area contributed by atoms with Gasteiger partial charge in [0.15, 0.2) is 0 Å². The predicted octanol–water partition coefficient (Wildman–Crippen LogP) is 2.11. The number of pyridine rings is 1. The number of aromatic nitrogens is 1. The van der Waals surface area contributed by atoms with E-state index in [9.17, 15) is 4.79 Å². The quantitative estimate of drug-likeness (QED) is 0.708. The fourth-order valence-electron chi connectivity index (χ4n) is 1.95. The molecule has 0 radical (unpaired) electrons. The Hall–Kier alpha value is -1.88. The summed E-state index contributed by atoms with van der Waals surface area (Å²) in [6.07, 6.45) is 5.25. The predicted molar refractivity (Wildman–Crippen MR) is 84.6 cm³/mol. The molecule has 0 bridgehead atoms. The summed E-state index contributed by atoms with van der Waals surface area (Å²) in [4.78, 5) is 18.1. The van der Waals surface area contributed by atoms with Gasteiger partial charge in [0.1, 0.15) is 6.10 Å². The Morgan fingerprint density at radius 1 is 1.57 bits per heavy atom. The molecule has 1 atom stereocenters. The maximum Gasteiger partial charge on any atom is 0.251 e. The molecule has 0 saturated heterocycles. The molecule has 5 nitrogen and oxygen atoms in total. The van der Waals surface area contributed by atoms with Gasteiger partial charge < -0.3 is 15.0 Å². The van der Waals surface area contributed by atoms with E-state index in [1.807, 2.05) is 27.1 Å². The molecule has 1 N–H and O–H groups in total. The lowest BCUT2D eigenvalue weighted by atomic mass is 10.2. The van der Waals surface area contributed by atoms with Gasteiger partial charge in [-0.3, -0.25) is 4.79 Å². The second kappa shape index (κ2) is 9.13. The molecular formula is C16H25N3O2. The Morgan fingerprint density at radius 3 is 2.95 bits per heavy atom. The van der Waals surface area contributed by atoms with Crippen LogP contribution in [-0.2, 0) is 0 Å². The van der Waals surface area contributed by atoms with Crippen molar-refractivity contribution >= 4 is 5.91 Å². The van der Waals surface area contributed by atoms with E-state index in [0.29, 0.717) is 18.0 Å². The number of allylic oxidation sites excluding steroid dienone is 1. The van der Waals surface area contributed by atoms with Crippen molar-refractivity contribution in [3.63, 3.8) is 0 Å². The van der Waals surface area contributed by atoms with Gasteiger partial charge in [0.2, 0.25) is 5.88 Å². The van der Waals surface area contributed by atoms with Crippen LogP contribution < -0.4 is 10.1 Å². The second-order valence-electron chi connectivity index (χ2n) is 5.11. The lowest BCUT2D eigenvalue weighted by Crippen LogP contribution is -2.31. The molecule has 1 aromatic heterocycles. The monoisotopic (exact) mass is 291 g/mol. The molecule has 116 valence electrons. The fourth-order valence-corrected chi connectivity index (χ4v) is 1.95. The van der Waals surface area contributed by atoms with E-state index in [2.05, 4.69) is 21.8 Å². The van der Waals surface area contributed by atoms with Crippen LogP contribution in [0.2, 0.25) is 0 Å². The average molecular weight is 291 g/mol. The van der Waals surface area contributed by atoms with Crippen molar-refractivity contribution in [3.05, 3.63) is 36.5 Å². The molecule has 0 saturated carbocycles. The number of likely N-dealkylation sites (N-methyl/N-ethyl adjacent to an activating group) is 1. The summed E-state index contributed by atoms with van der Waals surface area (Å²) >= 11 is 0. The third-order valence-corrected chi connectivity index (χ3v) is 2.88. The Kier molecular flexibility index (Phi) is 7.46. The van der Waals surface area contributed by atoms with Crippen molar-refractivity contribution < 1.29 is 9.53 Å². The zero-order valence-corrected chi connectivity index (χ0v) is 13.1. The third kappa shape index (κ3) is 6.40. The van der Waals surface area contributed by atoms with Crippen LogP contribution >= 0.6 is 0 Å². The minimum absolute atomic E-state index is 0.0231. The summed E-state index contributed by atoms with van der Waals surface area (Å²) in [5.74, 6) is 0.370. The van der Waals surface area contributed by atoms with Crippen LogP contribution in [0, 0.1) is 0 Å². The molecule has 0 unspecified atom stereocenters. The Morgan fingerprint density at radius 2 is 2.33 bits per heavy atom. The van der Waals surface area contributed by atoms with Gasteiger partial charge in [-0.1, -0.05) is 6.08 Å². The molecule has 1 amide bonds. The molecule has 0 aromatic carbocycles. The van der Waals surface area contributed by atoms with Crippen molar-refractivity contribution in [2.45, 2.75) is 25.9 Å². The Bertz CT molecular complexity index is 461. The van der Waals surface area contributed by atoms with E-state index < -0.39 is 0 Å². The van der Waals surface area contributed by atoms with Gasteiger partial charge in [0, 0.05) is 30.9 Å². The van der Waals surface area contributed by atoms with Crippen LogP contribution in [0.25, 0.3) is 0 Å². The highest BCUT2D eigenvalue weighted by Gasteiger charge is 2.13. The van der Waals surface area contributed by atoms with Crippen LogP contribution in [0.1, 0.15) is 30.1 Å². The zero-order valence-electron chi connectivity index (χ0n) is 13.1. The minimum atomic E-state index is -0.111. The van der Waals surface area contributed by atoms with E-state index >= 15 is 0 Å². The van der Waals surface area contributed by atoms with E-state index in [0.717, 1.165) is 19.4 Å². The maximum atomic E-state index is 11.8. The minimum Gasteiger partial charge on any atom is -0.473 e. The van der Waals surface area contributed by atoms with Crippen molar-refractivity contribution in [3.8, 4) is 5.88 Å². The smallest absolute Gasteiger partial charge is 0.251 e. The highest BCUT2D eigenvalue weighted by Crippen LogP contribution is 2.14. The average Bonchev–Trinajstić information content (AvgIpc) is 2.44. The largest absolute Gasteiger partial charge is 0.473 e. The van der Waals surface area contributed by atoms with Gasteiger partial charge in [0.25, 0.3) is 5.91 Å². The van der Waals surface area contributed by atoms with E-state index in [4.69, 9.17) is 4.74 Å². The summed E-state index contributed by atoms with van der Waals surface area (Å²) in [6.45, 7) is 7.02. The van der Waals surface area contributed by atoms with Crippen molar-refractivity contribution in [1.29, 1.82) is 0 Å². The topological polar surface area (TPSA) is 54.5 Å². The van der Waals surface area contributed by atoms with Crippen LogP contribution in [-0.4, -0.2) is 49.1 Å². The number of nitrogens with one attached hydrogen (secondary N) is 1. The fraction of sp³-hybridized carbons (Fsp3) is 0.500. The van der Waals surface area contributed by atoms with Crippen LogP contribution in [0.5, 0.6) is 5.88 Å². The van der Waals surface area contributed by atoms with Crippen LogP contribution in [0.4, 0.5) is 0 Å². The molecular weight excluding hydrogens is 266 g/mol. The lowest BCUT2D eigenvalue weighted by Gasteiger charge is -2.21. The number of hydrogen-bond acceptors (Lipinski definition) is 4. The van der Waals surface area contributed by atoms with E-state index in [-0.39, 0.29) is 12.0 Å². The number of ether oxygens (including phenoxy) is 1. The van der Waals surface area contributed by atoms with Gasteiger partial charge in [-0.25, -0.2) is 4.98 Å². The molecule has 0 aliphatic carbocycles. The number of rotatable bonds is 9. The molecule has 0 fully saturated rings. The summed E-state index contributed by atoms with van der Waals surface area (Å²) in [5.41, 5.74) is 0.564. The van der Waals surface area contributed by atoms with E-state index in [1.165, 1.54) is 0 Å². The maximum absolute atomic E-state index is 11.8. The molecule has 21 heavy (non-hydrogen) atoms. The van der Waals surface area contributed by atoms with Crippen LogP contribution in [0.15, 0.2) is 31.0 Å². The third-order valence-electron chi connectivity index (χ3n) is 2.88. The second-order valence-corrected chi connectivity index (χ2v) is 5.11. The first-order chi connectivity index (χ1) is 10.1. The number of carbonyl (C=O) groups is 1. The summed E-state index contributed by atoms with van der Waals surface area (Å²) in [5, 5.41) is 2.77. The standard InChI is InChI=1S/C16H25N3O2/c1-5-7-8-14(12-19(3)4)21-15-11-13(9-10-18-15)16(20)17-6-2/h5,9-11,14H,1,6-8,12H2,2-4H3,(H,17,20)/t14-/m1/s1. The first-order valence-corrected chi connectivity index (χ1v) is 7.23. The highest BCUT2D eigenvalue weighted by molar-refractivity contribution is 5.94. The molecule has 0 spiro atoms. The Labute approximate surface area is 127 Å². The Balaban J connectivity index is 2.75. The van der Waals surface area contributed by atoms with Crippen molar-refractivity contribution in [1.82, 2.24) is 15.2 Å². The van der Waals surface area contributed by atoms with Crippen molar-refractivity contribution in [2.75, 3.05) is 27.2 Å². The van der Waals surface area contributed by atoms with Gasteiger partial charge in [-0.15, -0.1) is 6.58 Å². The van der Waals surface area contributed by atoms with Crippen molar-refractivity contribution in [2.24, 2.45) is 0 Å². The number of hydrogen-bond donors (Lipinski definition) is 1. The molecule has 1 heterocycles. The lowest BCUT2D eigenvalue weighted by molar-refractivity contribution is 0.0954.